The van der Waals surface area contributed by atoms with E-state index in [4.69, 9.17) is 0 Å². The van der Waals surface area contributed by atoms with Crippen LogP contribution in [-0.4, -0.2) is 13.0 Å². The van der Waals surface area contributed by atoms with Crippen molar-refractivity contribution in [2.24, 2.45) is 0 Å². The Morgan fingerprint density at radius 2 is 1.33 bits per heavy atom. The van der Waals surface area contributed by atoms with Gasteiger partial charge >= 0.3 is 0 Å². The molecule has 0 radical (unpaired) electrons. The highest BCUT2D eigenvalue weighted by Gasteiger charge is 2.43. The average Bonchev–Trinajstić information content (AvgIpc) is 2.73. The summed E-state index contributed by atoms with van der Waals surface area (Å²) in [4.78, 5) is 15.3. The summed E-state index contributed by atoms with van der Waals surface area (Å²) in [6.45, 7) is 2.03. The van der Waals surface area contributed by atoms with Gasteiger partial charge in [-0.15, -0.1) is 0 Å². The van der Waals surface area contributed by atoms with Gasteiger partial charge in [0.1, 0.15) is 0 Å². The SMILES string of the molecule is CN1C(=O)[C@@](C)(c2ccccc2)c2ccccc2-c2ccccc21. The topological polar surface area (TPSA) is 20.3 Å². The Labute approximate surface area is 142 Å². The molecule has 0 fully saturated rings. The van der Waals surface area contributed by atoms with Crippen LogP contribution in [0.2, 0.25) is 0 Å². The van der Waals surface area contributed by atoms with Gasteiger partial charge in [0.2, 0.25) is 5.91 Å². The second kappa shape index (κ2) is 5.34. The Morgan fingerprint density at radius 3 is 2.08 bits per heavy atom. The van der Waals surface area contributed by atoms with Gasteiger partial charge in [0.05, 0.1) is 11.1 Å². The third-order valence-electron chi connectivity index (χ3n) is 5.10. The zero-order valence-electron chi connectivity index (χ0n) is 13.9. The smallest absolute Gasteiger partial charge is 0.241 e. The molecule has 3 aromatic carbocycles. The van der Waals surface area contributed by atoms with E-state index in [1.807, 2.05) is 74.6 Å². The minimum absolute atomic E-state index is 0.0890. The number of rotatable bonds is 1. The lowest BCUT2D eigenvalue weighted by Crippen LogP contribution is -2.43. The molecule has 24 heavy (non-hydrogen) atoms. The maximum Gasteiger partial charge on any atom is 0.241 e. The summed E-state index contributed by atoms with van der Waals surface area (Å²) in [5, 5.41) is 0. The molecule has 3 aromatic rings. The molecule has 0 bridgehead atoms. The van der Waals surface area contributed by atoms with Gasteiger partial charge in [0.25, 0.3) is 0 Å². The molecule has 1 aliphatic heterocycles. The second-order valence-corrected chi connectivity index (χ2v) is 6.42. The normalized spacial score (nSPS) is 19.4. The van der Waals surface area contributed by atoms with E-state index in [0.29, 0.717) is 0 Å². The Hall–Kier alpha value is -2.87. The van der Waals surface area contributed by atoms with Gasteiger partial charge in [-0.3, -0.25) is 4.79 Å². The number of carbonyl (C=O) groups excluding carboxylic acids is 1. The lowest BCUT2D eigenvalue weighted by molar-refractivity contribution is -0.121. The second-order valence-electron chi connectivity index (χ2n) is 6.42. The molecule has 0 aromatic heterocycles. The highest BCUT2D eigenvalue weighted by atomic mass is 16.2. The molecule has 2 heteroatoms. The predicted molar refractivity (Wildman–Crippen MR) is 98.2 cm³/mol. The highest BCUT2D eigenvalue weighted by molar-refractivity contribution is 6.09. The standard InChI is InChI=1S/C22H19NO/c1-22(16-10-4-3-5-11-16)19-14-8-6-12-17(19)18-13-7-9-15-20(18)23(2)21(22)24/h3-15H,1-2H3/t22-/m0/s1. The first kappa shape index (κ1) is 14.7. The third kappa shape index (κ3) is 1.93. The number of carbonyl (C=O) groups is 1. The van der Waals surface area contributed by atoms with Crippen LogP contribution < -0.4 is 4.90 Å². The van der Waals surface area contributed by atoms with E-state index in [1.165, 1.54) is 0 Å². The Balaban J connectivity index is 2.10. The highest BCUT2D eigenvalue weighted by Crippen LogP contribution is 2.45. The number of hydrogen-bond donors (Lipinski definition) is 0. The van der Waals surface area contributed by atoms with Crippen molar-refractivity contribution in [1.29, 1.82) is 0 Å². The van der Waals surface area contributed by atoms with Crippen molar-refractivity contribution in [2.45, 2.75) is 12.3 Å². The molecule has 4 rings (SSSR count). The Kier molecular flexibility index (Phi) is 3.27. The molecule has 1 aliphatic rings. The summed E-state index contributed by atoms with van der Waals surface area (Å²) in [5.41, 5.74) is 4.53. The monoisotopic (exact) mass is 313 g/mol. The van der Waals surface area contributed by atoms with Crippen LogP contribution in [0.1, 0.15) is 18.1 Å². The number of amides is 1. The number of benzene rings is 3. The third-order valence-corrected chi connectivity index (χ3v) is 5.10. The van der Waals surface area contributed by atoms with Crippen LogP contribution in [0.25, 0.3) is 11.1 Å². The molecule has 118 valence electrons. The number of para-hydroxylation sites is 1. The number of likely N-dealkylation sites (N-methyl/N-ethyl adjacent to an activating group) is 1. The molecule has 0 saturated carbocycles. The van der Waals surface area contributed by atoms with E-state index < -0.39 is 5.41 Å². The molecular formula is C22H19NO. The van der Waals surface area contributed by atoms with E-state index >= 15 is 0 Å². The van der Waals surface area contributed by atoms with Crippen LogP contribution >= 0.6 is 0 Å². The molecule has 0 saturated heterocycles. The summed E-state index contributed by atoms with van der Waals surface area (Å²) < 4.78 is 0. The maximum atomic E-state index is 13.5. The van der Waals surface area contributed by atoms with Crippen molar-refractivity contribution in [1.82, 2.24) is 0 Å². The molecule has 0 spiro atoms. The first-order chi connectivity index (χ1) is 11.6. The molecule has 0 N–H and O–H groups in total. The number of hydrogen-bond acceptors (Lipinski definition) is 1. The fourth-order valence-corrected chi connectivity index (χ4v) is 3.76. The average molecular weight is 313 g/mol. The van der Waals surface area contributed by atoms with Gasteiger partial charge in [0.15, 0.2) is 0 Å². The fourth-order valence-electron chi connectivity index (χ4n) is 3.76. The number of anilines is 1. The van der Waals surface area contributed by atoms with Crippen molar-refractivity contribution in [3.8, 4) is 11.1 Å². The minimum atomic E-state index is -0.717. The zero-order chi connectivity index (χ0) is 16.7. The van der Waals surface area contributed by atoms with E-state index in [1.54, 1.807) is 4.90 Å². The van der Waals surface area contributed by atoms with E-state index in [9.17, 15) is 4.79 Å². The Bertz CT molecular complexity index is 916. The lowest BCUT2D eigenvalue weighted by atomic mass is 9.73. The number of fused-ring (bicyclic) bond motifs is 3. The summed E-state index contributed by atoms with van der Waals surface area (Å²) >= 11 is 0. The quantitative estimate of drug-likeness (QED) is 0.641. The van der Waals surface area contributed by atoms with Crippen molar-refractivity contribution in [2.75, 3.05) is 11.9 Å². The van der Waals surface area contributed by atoms with Crippen LogP contribution in [0, 0.1) is 0 Å². The van der Waals surface area contributed by atoms with E-state index in [-0.39, 0.29) is 5.91 Å². The molecule has 1 heterocycles. The van der Waals surface area contributed by atoms with Gasteiger partial charge in [-0.05, 0) is 29.7 Å². The summed E-state index contributed by atoms with van der Waals surface area (Å²) in [6, 6.07) is 26.4. The summed E-state index contributed by atoms with van der Waals surface area (Å²) in [7, 11) is 1.87. The van der Waals surface area contributed by atoms with Crippen LogP contribution in [0.5, 0.6) is 0 Å². The molecule has 1 amide bonds. The molecule has 1 atom stereocenters. The van der Waals surface area contributed by atoms with Gasteiger partial charge in [-0.2, -0.15) is 0 Å². The van der Waals surface area contributed by atoms with Gasteiger partial charge < -0.3 is 4.90 Å². The van der Waals surface area contributed by atoms with Crippen LogP contribution in [0.15, 0.2) is 78.9 Å². The van der Waals surface area contributed by atoms with E-state index in [0.717, 1.165) is 27.9 Å². The van der Waals surface area contributed by atoms with Crippen LogP contribution in [-0.2, 0) is 10.2 Å². The van der Waals surface area contributed by atoms with Crippen molar-refractivity contribution < 1.29 is 4.79 Å². The van der Waals surface area contributed by atoms with E-state index in [2.05, 4.69) is 18.2 Å². The van der Waals surface area contributed by atoms with Crippen LogP contribution in [0.4, 0.5) is 5.69 Å². The summed E-state index contributed by atoms with van der Waals surface area (Å²) in [6.07, 6.45) is 0. The Morgan fingerprint density at radius 1 is 0.750 bits per heavy atom. The molecular weight excluding hydrogens is 294 g/mol. The molecule has 2 nitrogen and oxygen atoms in total. The zero-order valence-corrected chi connectivity index (χ0v) is 13.9. The van der Waals surface area contributed by atoms with Crippen molar-refractivity contribution in [3.05, 3.63) is 90.0 Å². The predicted octanol–water partition coefficient (Wildman–Crippen LogP) is 4.64. The van der Waals surface area contributed by atoms with Crippen molar-refractivity contribution in [3.63, 3.8) is 0 Å². The minimum Gasteiger partial charge on any atom is -0.314 e. The lowest BCUT2D eigenvalue weighted by Gasteiger charge is -2.32. The van der Waals surface area contributed by atoms with Crippen LogP contribution in [0.3, 0.4) is 0 Å². The molecule has 0 aliphatic carbocycles. The van der Waals surface area contributed by atoms with Gasteiger partial charge in [0, 0.05) is 12.6 Å². The first-order valence-electron chi connectivity index (χ1n) is 8.16. The first-order valence-corrected chi connectivity index (χ1v) is 8.16. The fraction of sp³-hybridized carbons (Fsp3) is 0.136. The maximum absolute atomic E-state index is 13.5. The largest absolute Gasteiger partial charge is 0.314 e. The van der Waals surface area contributed by atoms with Gasteiger partial charge in [-0.25, -0.2) is 0 Å². The van der Waals surface area contributed by atoms with Gasteiger partial charge in [-0.1, -0.05) is 72.8 Å². The summed E-state index contributed by atoms with van der Waals surface area (Å²) in [5.74, 6) is 0.0890. The van der Waals surface area contributed by atoms with Crippen molar-refractivity contribution >= 4 is 11.6 Å². The molecule has 0 unspecified atom stereocenters. The number of nitrogens with zero attached hydrogens (tertiary/aromatic N) is 1.